The van der Waals surface area contributed by atoms with Gasteiger partial charge in [0.1, 0.15) is 5.75 Å². The first-order valence-electron chi connectivity index (χ1n) is 10.9. The molecule has 2 aliphatic rings. The number of hydrogen-bond donors (Lipinski definition) is 1. The molecule has 0 saturated heterocycles. The van der Waals surface area contributed by atoms with Crippen molar-refractivity contribution in [2.45, 2.75) is 51.0 Å². The molecule has 0 fully saturated rings. The lowest BCUT2D eigenvalue weighted by atomic mass is 9.73. The van der Waals surface area contributed by atoms with Gasteiger partial charge in [0.05, 0.1) is 20.3 Å². The topological polar surface area (TPSA) is 73.9 Å². The van der Waals surface area contributed by atoms with E-state index in [1.807, 2.05) is 56.3 Å². The average molecular weight is 436 g/mol. The third kappa shape index (κ3) is 4.35. The number of hydrogen-bond acceptors (Lipinski definition) is 5. The van der Waals surface area contributed by atoms with Crippen molar-refractivity contribution >= 4 is 11.7 Å². The maximum Gasteiger partial charge on any atom is 0.225 e. The minimum atomic E-state index is -0.283. The average Bonchev–Trinajstić information content (AvgIpc) is 2.77. The zero-order valence-corrected chi connectivity index (χ0v) is 18.9. The predicted molar refractivity (Wildman–Crippen MR) is 121 cm³/mol. The van der Waals surface area contributed by atoms with Crippen LogP contribution in [-0.2, 0) is 9.59 Å². The molecule has 32 heavy (non-hydrogen) atoms. The number of allylic oxidation sites excluding steroid dienone is 2. The Kier molecular flexibility index (Phi) is 6.21. The van der Waals surface area contributed by atoms with Gasteiger partial charge in [-0.25, -0.2) is 0 Å². The summed E-state index contributed by atoms with van der Waals surface area (Å²) in [5.74, 6) is 1.77. The second-order valence-electron chi connectivity index (χ2n) is 8.58. The molecule has 0 bridgehead atoms. The highest BCUT2D eigenvalue weighted by Gasteiger charge is 2.38. The molecule has 1 amide bonds. The summed E-state index contributed by atoms with van der Waals surface area (Å²) in [4.78, 5) is 25.9. The maximum absolute atomic E-state index is 13.3. The molecule has 6 heteroatoms. The van der Waals surface area contributed by atoms with Gasteiger partial charge in [0, 0.05) is 30.0 Å². The van der Waals surface area contributed by atoms with Gasteiger partial charge in [-0.2, -0.15) is 0 Å². The molecule has 1 heterocycles. The summed E-state index contributed by atoms with van der Waals surface area (Å²) < 4.78 is 16.5. The molecule has 4 rings (SSSR count). The minimum absolute atomic E-state index is 0.0267. The van der Waals surface area contributed by atoms with Crippen LogP contribution in [0.15, 0.2) is 53.7 Å². The van der Waals surface area contributed by atoms with E-state index in [0.29, 0.717) is 29.9 Å². The number of rotatable bonds is 6. The summed E-state index contributed by atoms with van der Waals surface area (Å²) in [5.41, 5.74) is 3.41. The fraction of sp³-hybridized carbons (Fsp3) is 0.385. The van der Waals surface area contributed by atoms with Crippen molar-refractivity contribution in [2.75, 3.05) is 14.2 Å². The van der Waals surface area contributed by atoms with Gasteiger partial charge in [0.2, 0.25) is 5.91 Å². The number of carbonyl (C=O) groups is 2. The van der Waals surface area contributed by atoms with Gasteiger partial charge in [0.15, 0.2) is 17.3 Å². The highest BCUT2D eigenvalue weighted by Crippen LogP contribution is 2.44. The molecule has 0 radical (unpaired) electrons. The van der Waals surface area contributed by atoms with Gasteiger partial charge < -0.3 is 19.5 Å². The number of ketones is 1. The van der Waals surface area contributed by atoms with E-state index in [-0.39, 0.29) is 36.1 Å². The first kappa shape index (κ1) is 21.9. The number of methoxy groups -OCH3 is 2. The van der Waals surface area contributed by atoms with Crippen LogP contribution in [0.1, 0.15) is 56.1 Å². The van der Waals surface area contributed by atoms with Crippen LogP contribution in [0.4, 0.5) is 0 Å². The van der Waals surface area contributed by atoms with Crippen LogP contribution < -0.4 is 19.5 Å². The van der Waals surface area contributed by atoms with Gasteiger partial charge in [0.25, 0.3) is 0 Å². The highest BCUT2D eigenvalue weighted by atomic mass is 16.5. The smallest absolute Gasteiger partial charge is 0.225 e. The molecular weight excluding hydrogens is 406 g/mol. The summed E-state index contributed by atoms with van der Waals surface area (Å²) in [6.45, 7) is 3.98. The van der Waals surface area contributed by atoms with Crippen LogP contribution in [-0.4, -0.2) is 32.0 Å². The van der Waals surface area contributed by atoms with Crippen LogP contribution >= 0.6 is 0 Å². The first-order chi connectivity index (χ1) is 15.4. The van der Waals surface area contributed by atoms with Crippen molar-refractivity contribution in [3.8, 4) is 17.2 Å². The maximum atomic E-state index is 13.3. The molecule has 0 saturated carbocycles. The third-order valence-electron chi connectivity index (χ3n) is 6.07. The van der Waals surface area contributed by atoms with Crippen molar-refractivity contribution in [1.29, 1.82) is 0 Å². The van der Waals surface area contributed by atoms with E-state index in [1.165, 1.54) is 0 Å². The molecule has 0 aromatic heterocycles. The second kappa shape index (κ2) is 9.07. The first-order valence-corrected chi connectivity index (χ1v) is 10.9. The number of carbonyl (C=O) groups excluding carboxylic acids is 2. The van der Waals surface area contributed by atoms with Crippen molar-refractivity contribution < 1.29 is 23.8 Å². The van der Waals surface area contributed by atoms with Crippen LogP contribution in [0.25, 0.3) is 0 Å². The van der Waals surface area contributed by atoms with E-state index in [2.05, 4.69) is 5.32 Å². The Hall–Kier alpha value is -3.28. The van der Waals surface area contributed by atoms with Gasteiger partial charge in [-0.1, -0.05) is 18.2 Å². The molecule has 6 nitrogen and oxygen atoms in total. The summed E-state index contributed by atoms with van der Waals surface area (Å²) in [5, 5.41) is 2.98. The van der Waals surface area contributed by atoms with Crippen molar-refractivity contribution in [3.63, 3.8) is 0 Å². The summed E-state index contributed by atoms with van der Waals surface area (Å²) >= 11 is 0. The quantitative estimate of drug-likeness (QED) is 0.723. The van der Waals surface area contributed by atoms with Crippen molar-refractivity contribution in [1.82, 2.24) is 5.32 Å². The molecule has 2 aromatic rings. The molecule has 0 unspecified atom stereocenters. The largest absolute Gasteiger partial charge is 0.493 e. The fourth-order valence-corrected chi connectivity index (χ4v) is 4.64. The lowest BCUT2D eigenvalue weighted by Crippen LogP contribution is -2.38. The van der Waals surface area contributed by atoms with E-state index in [4.69, 9.17) is 14.2 Å². The molecule has 1 aliphatic carbocycles. The summed E-state index contributed by atoms with van der Waals surface area (Å²) in [6, 6.07) is 13.5. The van der Waals surface area contributed by atoms with Gasteiger partial charge in [-0.05, 0) is 61.6 Å². The molecule has 2 aromatic carbocycles. The fourth-order valence-electron chi connectivity index (χ4n) is 4.64. The number of amides is 1. The van der Waals surface area contributed by atoms with E-state index in [0.717, 1.165) is 22.6 Å². The van der Waals surface area contributed by atoms with Crippen LogP contribution in [0, 0.1) is 0 Å². The molecule has 168 valence electrons. The third-order valence-corrected chi connectivity index (χ3v) is 6.07. The highest BCUT2D eigenvalue weighted by molar-refractivity contribution is 6.02. The monoisotopic (exact) mass is 435 g/mol. The molecule has 1 aliphatic heterocycles. The molecular formula is C26H29NO5. The van der Waals surface area contributed by atoms with E-state index < -0.39 is 0 Å². The molecule has 1 N–H and O–H groups in total. The van der Waals surface area contributed by atoms with Crippen LogP contribution in [0.2, 0.25) is 0 Å². The second-order valence-corrected chi connectivity index (χ2v) is 8.58. The zero-order valence-electron chi connectivity index (χ0n) is 18.9. The molecule has 2 atom stereocenters. The predicted octanol–water partition coefficient (Wildman–Crippen LogP) is 4.50. The minimum Gasteiger partial charge on any atom is -0.493 e. The van der Waals surface area contributed by atoms with E-state index in [1.54, 1.807) is 14.2 Å². The Balaban J connectivity index is 1.63. The Morgan fingerprint density at radius 2 is 1.56 bits per heavy atom. The standard InChI is InChI=1S/C26H29NO5/c1-15(2)32-19-8-5-16(6-9-19)18-11-21-26(22(28)12-18)20(14-25(29)27-21)17-7-10-23(30-3)24(13-17)31-4/h5-10,13,15,18,20H,11-12,14H2,1-4H3,(H,27,29)/t18-,20-/m1/s1. The van der Waals surface area contributed by atoms with E-state index >= 15 is 0 Å². The zero-order chi connectivity index (χ0) is 22.8. The van der Waals surface area contributed by atoms with Crippen LogP contribution in [0.5, 0.6) is 17.2 Å². The molecule has 0 spiro atoms. The van der Waals surface area contributed by atoms with Gasteiger partial charge in [-0.3, -0.25) is 9.59 Å². The Labute approximate surface area is 188 Å². The number of benzene rings is 2. The van der Waals surface area contributed by atoms with Gasteiger partial charge in [-0.15, -0.1) is 0 Å². The summed E-state index contributed by atoms with van der Waals surface area (Å²) in [7, 11) is 3.16. The Morgan fingerprint density at radius 1 is 0.875 bits per heavy atom. The SMILES string of the molecule is COc1ccc([C@H]2CC(=O)NC3=C2C(=O)C[C@H](c2ccc(OC(C)C)cc2)C3)cc1OC. The number of Topliss-reactive ketones (excluding diaryl/α,β-unsaturated/α-hetero) is 1. The lowest BCUT2D eigenvalue weighted by Gasteiger charge is -2.34. The summed E-state index contributed by atoms with van der Waals surface area (Å²) in [6.07, 6.45) is 1.39. The van der Waals surface area contributed by atoms with Crippen molar-refractivity contribution in [3.05, 3.63) is 64.9 Å². The van der Waals surface area contributed by atoms with E-state index in [9.17, 15) is 9.59 Å². The van der Waals surface area contributed by atoms with Crippen LogP contribution in [0.3, 0.4) is 0 Å². The lowest BCUT2D eigenvalue weighted by molar-refractivity contribution is -0.122. The van der Waals surface area contributed by atoms with Crippen molar-refractivity contribution in [2.24, 2.45) is 0 Å². The van der Waals surface area contributed by atoms with Gasteiger partial charge >= 0.3 is 0 Å². The number of ether oxygens (including phenoxy) is 3. The Morgan fingerprint density at radius 3 is 2.22 bits per heavy atom. The number of nitrogens with one attached hydrogen (secondary N) is 1. The normalized spacial score (nSPS) is 20.7. The Bertz CT molecular complexity index is 1050.